The fourth-order valence-electron chi connectivity index (χ4n) is 5.05. The van der Waals surface area contributed by atoms with E-state index in [1.54, 1.807) is 6.07 Å². The maximum absolute atomic E-state index is 13.7. The van der Waals surface area contributed by atoms with Crippen LogP contribution >= 0.6 is 0 Å². The van der Waals surface area contributed by atoms with E-state index in [-0.39, 0.29) is 18.0 Å². The third kappa shape index (κ3) is 4.18. The summed E-state index contributed by atoms with van der Waals surface area (Å²) in [4.78, 5) is 15.8. The summed E-state index contributed by atoms with van der Waals surface area (Å²) < 4.78 is 41.3. The van der Waals surface area contributed by atoms with Crippen molar-refractivity contribution in [2.75, 3.05) is 0 Å². The number of carbonyl (C=O) groups excluding carboxylic acids is 1. The highest BCUT2D eigenvalue weighted by atomic mass is 19.4. The van der Waals surface area contributed by atoms with Crippen molar-refractivity contribution in [3.8, 4) is 0 Å². The number of H-pyrrole nitrogens is 1. The topological polar surface area (TPSA) is 53.9 Å². The molecule has 1 amide bonds. The van der Waals surface area contributed by atoms with Crippen LogP contribution in [-0.4, -0.2) is 37.7 Å². The average Bonchev–Trinajstić information content (AvgIpc) is 3.42. The minimum Gasteiger partial charge on any atom is -0.344 e. The van der Waals surface area contributed by atoms with E-state index in [0.717, 1.165) is 55.3 Å². The lowest BCUT2D eigenvalue weighted by atomic mass is 9.92. The van der Waals surface area contributed by atoms with Crippen LogP contribution < -0.4 is 0 Å². The number of aromatic amines is 1. The molecule has 3 aromatic rings. The third-order valence-corrected chi connectivity index (χ3v) is 6.96. The first-order valence-corrected chi connectivity index (χ1v) is 11.4. The molecule has 2 aliphatic rings. The average molecular weight is 457 g/mol. The number of hydrogen-bond donors (Lipinski definition) is 1. The number of carbonyl (C=O) groups is 1. The number of aryl methyl sites for hydroxylation is 2. The number of fused-ring (bicyclic) bond motifs is 1. The van der Waals surface area contributed by atoms with E-state index in [1.165, 1.54) is 17.7 Å². The number of aromatic nitrogens is 3. The van der Waals surface area contributed by atoms with Crippen LogP contribution in [0.15, 0.2) is 36.5 Å². The molecule has 0 aliphatic heterocycles. The van der Waals surface area contributed by atoms with Crippen LogP contribution in [-0.2, 0) is 25.6 Å². The summed E-state index contributed by atoms with van der Waals surface area (Å²) in [5.41, 5.74) is 4.54. The maximum atomic E-state index is 13.7. The lowest BCUT2D eigenvalue weighted by Gasteiger charge is -2.34. The number of halogens is 3. The van der Waals surface area contributed by atoms with Crippen molar-refractivity contribution < 1.29 is 18.0 Å². The number of rotatable bonds is 5. The first-order chi connectivity index (χ1) is 15.7. The van der Waals surface area contributed by atoms with Gasteiger partial charge in [-0.25, -0.2) is 0 Å². The van der Waals surface area contributed by atoms with Crippen molar-refractivity contribution in [2.45, 2.75) is 70.8 Å². The standard InChI is InChI=1S/C25H27F3N4O/c1-15-10-22(16(2)31(15)14-17-4-3-5-19(11-17)25(26,27)28)24(33)32(20-6-7-20)21-8-9-23-18(12-21)13-29-30-23/h3-5,10-11,13,20-21H,6-9,12,14H2,1-2H3,(H,29,30). The lowest BCUT2D eigenvalue weighted by molar-refractivity contribution is -0.137. The van der Waals surface area contributed by atoms with Gasteiger partial charge in [0.05, 0.1) is 17.3 Å². The van der Waals surface area contributed by atoms with Gasteiger partial charge in [0.25, 0.3) is 5.91 Å². The van der Waals surface area contributed by atoms with Crippen LogP contribution in [0.5, 0.6) is 0 Å². The Morgan fingerprint density at radius 1 is 1.18 bits per heavy atom. The second-order valence-corrected chi connectivity index (χ2v) is 9.28. The highest BCUT2D eigenvalue weighted by Crippen LogP contribution is 2.35. The maximum Gasteiger partial charge on any atom is 0.416 e. The molecule has 2 aliphatic carbocycles. The minimum absolute atomic E-state index is 0.0258. The van der Waals surface area contributed by atoms with Crippen LogP contribution in [0.3, 0.4) is 0 Å². The van der Waals surface area contributed by atoms with Gasteiger partial charge in [0, 0.05) is 35.7 Å². The zero-order valence-electron chi connectivity index (χ0n) is 18.7. The molecular formula is C25H27F3N4O. The first-order valence-electron chi connectivity index (χ1n) is 11.4. The molecule has 1 N–H and O–H groups in total. The smallest absolute Gasteiger partial charge is 0.344 e. The highest BCUT2D eigenvalue weighted by Gasteiger charge is 2.40. The Bertz CT molecular complexity index is 1190. The van der Waals surface area contributed by atoms with Gasteiger partial charge in [-0.3, -0.25) is 9.89 Å². The van der Waals surface area contributed by atoms with Gasteiger partial charge in [0.2, 0.25) is 0 Å². The summed E-state index contributed by atoms with van der Waals surface area (Å²) in [7, 11) is 0. The molecule has 1 atom stereocenters. The predicted molar refractivity (Wildman–Crippen MR) is 118 cm³/mol. The second kappa shape index (κ2) is 8.08. The van der Waals surface area contributed by atoms with Gasteiger partial charge in [-0.05, 0) is 75.3 Å². The van der Waals surface area contributed by atoms with Crippen LogP contribution in [0.25, 0.3) is 0 Å². The summed E-state index contributed by atoms with van der Waals surface area (Å²) in [6, 6.07) is 7.67. The van der Waals surface area contributed by atoms with Crippen LogP contribution in [0.2, 0.25) is 0 Å². The van der Waals surface area contributed by atoms with Crippen LogP contribution in [0, 0.1) is 13.8 Å². The fourth-order valence-corrected chi connectivity index (χ4v) is 5.05. The Labute approximate surface area is 190 Å². The lowest BCUT2D eigenvalue weighted by Crippen LogP contribution is -2.45. The van der Waals surface area contributed by atoms with Crippen molar-refractivity contribution >= 4 is 5.91 Å². The summed E-state index contributed by atoms with van der Waals surface area (Å²) >= 11 is 0. The van der Waals surface area contributed by atoms with E-state index in [1.807, 2.05) is 30.7 Å². The molecule has 0 radical (unpaired) electrons. The molecule has 5 rings (SSSR count). The number of nitrogens with zero attached hydrogens (tertiary/aromatic N) is 3. The Hall–Kier alpha value is -3.03. The van der Waals surface area contributed by atoms with Crippen molar-refractivity contribution in [1.82, 2.24) is 19.7 Å². The predicted octanol–water partition coefficient (Wildman–Crippen LogP) is 5.06. The number of nitrogens with one attached hydrogen (secondary N) is 1. The van der Waals surface area contributed by atoms with Crippen LogP contribution in [0.1, 0.15) is 63.4 Å². The molecule has 33 heavy (non-hydrogen) atoms. The van der Waals surface area contributed by atoms with Crippen molar-refractivity contribution in [2.24, 2.45) is 0 Å². The van der Waals surface area contributed by atoms with Crippen molar-refractivity contribution in [3.63, 3.8) is 0 Å². The number of hydrogen-bond acceptors (Lipinski definition) is 2. The van der Waals surface area contributed by atoms with Gasteiger partial charge in [0.1, 0.15) is 0 Å². The van der Waals surface area contributed by atoms with Gasteiger partial charge < -0.3 is 9.47 Å². The largest absolute Gasteiger partial charge is 0.416 e. The molecule has 0 bridgehead atoms. The zero-order valence-corrected chi connectivity index (χ0v) is 18.7. The van der Waals surface area contributed by atoms with Crippen molar-refractivity contribution in [1.29, 1.82) is 0 Å². The van der Waals surface area contributed by atoms with E-state index in [2.05, 4.69) is 15.1 Å². The molecule has 0 spiro atoms. The van der Waals surface area contributed by atoms with E-state index in [9.17, 15) is 18.0 Å². The number of benzene rings is 1. The summed E-state index contributed by atoms with van der Waals surface area (Å²) in [5.74, 6) is 0.0258. The Balaban J connectivity index is 1.41. The molecule has 8 heteroatoms. The Morgan fingerprint density at radius 2 is 1.97 bits per heavy atom. The monoisotopic (exact) mass is 456 g/mol. The molecule has 5 nitrogen and oxygen atoms in total. The summed E-state index contributed by atoms with van der Waals surface area (Å²) in [6.45, 7) is 4.07. The molecule has 174 valence electrons. The minimum atomic E-state index is -4.38. The van der Waals surface area contributed by atoms with Gasteiger partial charge in [-0.2, -0.15) is 18.3 Å². The molecule has 2 heterocycles. The first kappa shape index (κ1) is 21.8. The van der Waals surface area contributed by atoms with E-state index in [0.29, 0.717) is 17.7 Å². The second-order valence-electron chi connectivity index (χ2n) is 9.28. The third-order valence-electron chi connectivity index (χ3n) is 6.96. The fraction of sp³-hybridized carbons (Fsp3) is 0.440. The van der Waals surface area contributed by atoms with E-state index < -0.39 is 11.7 Å². The SMILES string of the molecule is Cc1cc(C(=O)N(C2CC2)C2CCc3[nH]ncc3C2)c(C)n1Cc1cccc(C(F)(F)F)c1. The molecule has 2 aromatic heterocycles. The highest BCUT2D eigenvalue weighted by molar-refractivity contribution is 5.96. The van der Waals surface area contributed by atoms with Gasteiger partial charge in [-0.15, -0.1) is 0 Å². The number of amides is 1. The normalized spacial score (nSPS) is 18.3. The van der Waals surface area contributed by atoms with E-state index in [4.69, 9.17) is 0 Å². The Kier molecular flexibility index (Phi) is 5.34. The molecule has 1 fully saturated rings. The molecule has 1 unspecified atom stereocenters. The summed E-state index contributed by atoms with van der Waals surface area (Å²) in [6.07, 6.45) is 2.10. The van der Waals surface area contributed by atoms with Crippen molar-refractivity contribution in [3.05, 3.63) is 75.9 Å². The molecule has 1 saturated carbocycles. The quantitative estimate of drug-likeness (QED) is 0.584. The zero-order chi connectivity index (χ0) is 23.3. The summed E-state index contributed by atoms with van der Waals surface area (Å²) in [5, 5.41) is 7.20. The molecular weight excluding hydrogens is 429 g/mol. The molecule has 0 saturated heterocycles. The van der Waals surface area contributed by atoms with Gasteiger partial charge in [0.15, 0.2) is 0 Å². The Morgan fingerprint density at radius 3 is 2.70 bits per heavy atom. The van der Waals surface area contributed by atoms with Gasteiger partial charge >= 0.3 is 6.18 Å². The van der Waals surface area contributed by atoms with Gasteiger partial charge in [-0.1, -0.05) is 12.1 Å². The van der Waals surface area contributed by atoms with Crippen LogP contribution in [0.4, 0.5) is 13.2 Å². The number of alkyl halides is 3. The van der Waals surface area contributed by atoms with E-state index >= 15 is 0 Å². The molecule has 1 aromatic carbocycles.